The maximum absolute atomic E-state index is 12.5. The number of pyridine rings is 1. The summed E-state index contributed by atoms with van der Waals surface area (Å²) in [6.07, 6.45) is 4.48. The maximum atomic E-state index is 12.5. The highest BCUT2D eigenvalue weighted by atomic mass is 35.5. The van der Waals surface area contributed by atoms with Gasteiger partial charge in [-0.1, -0.05) is 11.6 Å². The number of aromatic nitrogens is 1. The summed E-state index contributed by atoms with van der Waals surface area (Å²) in [6.45, 7) is 0.0844. The second-order valence-electron chi connectivity index (χ2n) is 5.42. The van der Waals surface area contributed by atoms with Crippen LogP contribution in [0.2, 0.25) is 5.02 Å². The average Bonchev–Trinajstić information content (AvgIpc) is 3.32. The van der Waals surface area contributed by atoms with Crippen LogP contribution >= 0.6 is 11.6 Å². The van der Waals surface area contributed by atoms with Crippen LogP contribution in [-0.4, -0.2) is 28.6 Å². The largest absolute Gasteiger partial charge is 0.396 e. The molecule has 1 amide bonds. The van der Waals surface area contributed by atoms with E-state index in [0.717, 1.165) is 18.2 Å². The van der Waals surface area contributed by atoms with Gasteiger partial charge in [0.1, 0.15) is 0 Å². The van der Waals surface area contributed by atoms with E-state index in [1.807, 2.05) is 6.07 Å². The first kappa shape index (κ1) is 14.3. The van der Waals surface area contributed by atoms with Crippen molar-refractivity contribution in [2.24, 2.45) is 5.92 Å². The zero-order valence-electron chi connectivity index (χ0n) is 11.6. The number of aliphatic hydroxyl groups is 1. The van der Waals surface area contributed by atoms with E-state index < -0.39 is 0 Å². The Bertz CT molecular complexity index is 670. The highest BCUT2D eigenvalue weighted by molar-refractivity contribution is 6.36. The molecule has 1 atom stereocenters. The predicted molar refractivity (Wildman–Crippen MR) is 82.4 cm³/mol. The molecule has 2 N–H and O–H groups in total. The first-order valence-corrected chi connectivity index (χ1v) is 7.53. The summed E-state index contributed by atoms with van der Waals surface area (Å²) in [7, 11) is 0. The number of nitrogens with one attached hydrogen (secondary N) is 1. The van der Waals surface area contributed by atoms with E-state index in [-0.39, 0.29) is 18.6 Å². The molecule has 0 bridgehead atoms. The second kappa shape index (κ2) is 6.00. The Hall–Kier alpha value is -1.65. The highest BCUT2D eigenvalue weighted by Gasteiger charge is 2.32. The van der Waals surface area contributed by atoms with E-state index in [1.165, 1.54) is 0 Å². The van der Waals surface area contributed by atoms with Gasteiger partial charge in [0.2, 0.25) is 0 Å². The number of benzene rings is 1. The Morgan fingerprint density at radius 3 is 2.95 bits per heavy atom. The minimum absolute atomic E-state index is 0.0388. The monoisotopic (exact) mass is 304 g/mol. The molecular weight excluding hydrogens is 288 g/mol. The van der Waals surface area contributed by atoms with Gasteiger partial charge in [0.05, 0.1) is 16.1 Å². The predicted octanol–water partition coefficient (Wildman–Crippen LogP) is 2.78. The van der Waals surface area contributed by atoms with Gasteiger partial charge in [-0.2, -0.15) is 0 Å². The van der Waals surface area contributed by atoms with E-state index in [9.17, 15) is 4.79 Å². The van der Waals surface area contributed by atoms with Crippen molar-refractivity contribution in [1.29, 1.82) is 0 Å². The van der Waals surface area contributed by atoms with Crippen LogP contribution in [0, 0.1) is 5.92 Å². The second-order valence-corrected chi connectivity index (χ2v) is 5.83. The van der Waals surface area contributed by atoms with Gasteiger partial charge in [0.25, 0.3) is 5.91 Å². The minimum Gasteiger partial charge on any atom is -0.396 e. The van der Waals surface area contributed by atoms with Crippen molar-refractivity contribution in [1.82, 2.24) is 10.3 Å². The lowest BCUT2D eigenvalue weighted by Crippen LogP contribution is -2.37. The SMILES string of the molecule is O=C(NC(CCO)C1CC1)c1ccc(Cl)c2cccnc12. The Morgan fingerprint density at radius 1 is 1.43 bits per heavy atom. The van der Waals surface area contributed by atoms with Crippen LogP contribution < -0.4 is 5.32 Å². The van der Waals surface area contributed by atoms with Gasteiger partial charge in [0.15, 0.2) is 0 Å². The highest BCUT2D eigenvalue weighted by Crippen LogP contribution is 2.34. The molecule has 1 heterocycles. The molecule has 21 heavy (non-hydrogen) atoms. The molecule has 1 aromatic carbocycles. The lowest BCUT2D eigenvalue weighted by molar-refractivity contribution is 0.0926. The average molecular weight is 305 g/mol. The van der Waals surface area contributed by atoms with Crippen molar-refractivity contribution in [3.8, 4) is 0 Å². The summed E-state index contributed by atoms with van der Waals surface area (Å²) in [5, 5.41) is 13.5. The molecule has 1 aromatic heterocycles. The summed E-state index contributed by atoms with van der Waals surface area (Å²) >= 11 is 6.14. The number of fused-ring (bicyclic) bond motifs is 1. The molecule has 110 valence electrons. The summed E-state index contributed by atoms with van der Waals surface area (Å²) in [5.74, 6) is 0.341. The number of aliphatic hydroxyl groups excluding tert-OH is 1. The van der Waals surface area contributed by atoms with Gasteiger partial charge in [-0.25, -0.2) is 0 Å². The van der Waals surface area contributed by atoms with Crippen molar-refractivity contribution < 1.29 is 9.90 Å². The number of carbonyl (C=O) groups is 1. The molecule has 0 spiro atoms. The molecule has 0 aliphatic heterocycles. The van der Waals surface area contributed by atoms with Gasteiger partial charge in [0, 0.05) is 24.2 Å². The molecule has 1 aliphatic carbocycles. The van der Waals surface area contributed by atoms with Gasteiger partial charge in [-0.3, -0.25) is 9.78 Å². The first-order valence-electron chi connectivity index (χ1n) is 7.15. The van der Waals surface area contributed by atoms with Gasteiger partial charge >= 0.3 is 0 Å². The fourth-order valence-electron chi connectivity index (χ4n) is 2.63. The van der Waals surface area contributed by atoms with Crippen LogP contribution in [0.5, 0.6) is 0 Å². The summed E-state index contributed by atoms with van der Waals surface area (Å²) in [6, 6.07) is 7.12. The quantitative estimate of drug-likeness (QED) is 0.893. The molecule has 1 fully saturated rings. The Balaban J connectivity index is 1.89. The van der Waals surface area contributed by atoms with Crippen molar-refractivity contribution in [3.63, 3.8) is 0 Å². The fraction of sp³-hybridized carbons (Fsp3) is 0.375. The summed E-state index contributed by atoms with van der Waals surface area (Å²) in [4.78, 5) is 16.8. The van der Waals surface area contributed by atoms with Gasteiger partial charge in [-0.05, 0) is 49.4 Å². The number of hydrogen-bond donors (Lipinski definition) is 2. The molecular formula is C16H17ClN2O2. The van der Waals surface area contributed by atoms with Crippen LogP contribution in [-0.2, 0) is 0 Å². The minimum atomic E-state index is -0.152. The van der Waals surface area contributed by atoms with Crippen molar-refractivity contribution in [2.75, 3.05) is 6.61 Å². The number of rotatable bonds is 5. The van der Waals surface area contributed by atoms with Crippen LogP contribution in [0.25, 0.3) is 10.9 Å². The molecule has 3 rings (SSSR count). The third-order valence-electron chi connectivity index (χ3n) is 3.91. The zero-order valence-corrected chi connectivity index (χ0v) is 12.3. The van der Waals surface area contributed by atoms with Gasteiger partial charge in [-0.15, -0.1) is 0 Å². The smallest absolute Gasteiger partial charge is 0.253 e. The molecule has 1 unspecified atom stereocenters. The Labute approximate surface area is 128 Å². The van der Waals surface area contributed by atoms with Crippen molar-refractivity contribution in [3.05, 3.63) is 41.0 Å². The number of nitrogens with zero attached hydrogens (tertiary/aromatic N) is 1. The summed E-state index contributed by atoms with van der Waals surface area (Å²) < 4.78 is 0. The Kier molecular flexibility index (Phi) is 4.08. The number of hydrogen-bond acceptors (Lipinski definition) is 3. The van der Waals surface area contributed by atoms with Crippen LogP contribution in [0.4, 0.5) is 0 Å². The lowest BCUT2D eigenvalue weighted by Gasteiger charge is -2.17. The number of amides is 1. The Morgan fingerprint density at radius 2 is 2.24 bits per heavy atom. The lowest BCUT2D eigenvalue weighted by atomic mass is 10.1. The third kappa shape index (κ3) is 3.01. The summed E-state index contributed by atoms with van der Waals surface area (Å²) in [5.41, 5.74) is 1.14. The zero-order chi connectivity index (χ0) is 14.8. The van der Waals surface area contributed by atoms with Crippen molar-refractivity contribution in [2.45, 2.75) is 25.3 Å². The van der Waals surface area contributed by atoms with E-state index in [0.29, 0.717) is 28.4 Å². The van der Waals surface area contributed by atoms with E-state index >= 15 is 0 Å². The van der Waals surface area contributed by atoms with Crippen LogP contribution in [0.3, 0.4) is 0 Å². The molecule has 1 aliphatic rings. The van der Waals surface area contributed by atoms with Crippen molar-refractivity contribution >= 4 is 28.4 Å². The molecule has 0 radical (unpaired) electrons. The third-order valence-corrected chi connectivity index (χ3v) is 4.24. The normalized spacial score (nSPS) is 15.9. The van der Waals surface area contributed by atoms with E-state index in [2.05, 4.69) is 10.3 Å². The van der Waals surface area contributed by atoms with Crippen LogP contribution in [0.1, 0.15) is 29.6 Å². The molecule has 5 heteroatoms. The molecule has 1 saturated carbocycles. The van der Waals surface area contributed by atoms with Gasteiger partial charge < -0.3 is 10.4 Å². The van der Waals surface area contributed by atoms with E-state index in [1.54, 1.807) is 24.4 Å². The maximum Gasteiger partial charge on any atom is 0.253 e. The topological polar surface area (TPSA) is 62.2 Å². The molecule has 2 aromatic rings. The van der Waals surface area contributed by atoms with Crippen LogP contribution in [0.15, 0.2) is 30.5 Å². The molecule has 4 nitrogen and oxygen atoms in total. The number of halogens is 1. The first-order chi connectivity index (χ1) is 10.2. The number of carbonyl (C=O) groups excluding carboxylic acids is 1. The standard InChI is InChI=1S/C16H17ClN2O2/c17-13-6-5-12(15-11(13)2-1-8-18-15)16(21)19-14(7-9-20)10-3-4-10/h1-2,5-6,8,10,14,20H,3-4,7,9H2,(H,19,21). The molecule has 0 saturated heterocycles. The van der Waals surface area contributed by atoms with E-state index in [4.69, 9.17) is 16.7 Å². The fourth-order valence-corrected chi connectivity index (χ4v) is 2.85.